The number of carbonyl (C=O) groups is 1. The van der Waals surface area contributed by atoms with Crippen LogP contribution in [0, 0.1) is 35.0 Å². The van der Waals surface area contributed by atoms with E-state index in [1.54, 1.807) is 19.1 Å². The van der Waals surface area contributed by atoms with Gasteiger partial charge in [0.15, 0.2) is 5.75 Å². The Labute approximate surface area is 148 Å². The lowest BCUT2D eigenvalue weighted by atomic mass is 9.94. The summed E-state index contributed by atoms with van der Waals surface area (Å²) >= 11 is 0. The molecule has 126 valence electrons. The van der Waals surface area contributed by atoms with Gasteiger partial charge in [0.05, 0.1) is 29.0 Å². The summed E-state index contributed by atoms with van der Waals surface area (Å²) in [4.78, 5) is 12.6. The highest BCUT2D eigenvalue weighted by Crippen LogP contribution is 2.31. The zero-order chi connectivity index (χ0) is 18.8. The van der Waals surface area contributed by atoms with Crippen molar-refractivity contribution in [2.24, 2.45) is 5.41 Å². The maximum Gasteiger partial charge on any atom is 0.252 e. The molecule has 0 spiro atoms. The summed E-state index contributed by atoms with van der Waals surface area (Å²) in [5, 5.41) is 22.5. The lowest BCUT2D eigenvalue weighted by molar-refractivity contribution is 0.0745. The van der Waals surface area contributed by atoms with Crippen molar-refractivity contribution in [2.45, 2.75) is 34.0 Å². The Kier molecular flexibility index (Phi) is 4.99. The van der Waals surface area contributed by atoms with E-state index in [9.17, 15) is 4.79 Å². The zero-order valence-corrected chi connectivity index (χ0v) is 15.0. The Morgan fingerprint density at radius 2 is 1.80 bits per heavy atom. The highest BCUT2D eigenvalue weighted by molar-refractivity contribution is 6.08. The van der Waals surface area contributed by atoms with Gasteiger partial charge in [-0.25, -0.2) is 4.68 Å². The minimum Gasteiger partial charge on any atom is -0.453 e. The number of rotatable bonds is 3. The van der Waals surface area contributed by atoms with Gasteiger partial charge in [-0.2, -0.15) is 15.6 Å². The van der Waals surface area contributed by atoms with Crippen LogP contribution in [0.2, 0.25) is 0 Å². The number of ether oxygens (including phenoxy) is 1. The molecule has 0 aliphatic rings. The number of aryl methyl sites for hydroxylation is 1. The molecule has 0 fully saturated rings. The summed E-state index contributed by atoms with van der Waals surface area (Å²) in [6.45, 7) is 7.27. The van der Waals surface area contributed by atoms with Crippen LogP contribution in [0.5, 0.6) is 11.5 Å². The van der Waals surface area contributed by atoms with Gasteiger partial charge in [-0.1, -0.05) is 20.8 Å². The summed E-state index contributed by atoms with van der Waals surface area (Å²) in [6.07, 6.45) is 0.557. The van der Waals surface area contributed by atoms with Crippen molar-refractivity contribution in [3.05, 3.63) is 40.7 Å². The molecule has 0 aliphatic carbocycles. The third kappa shape index (κ3) is 3.72. The molecule has 25 heavy (non-hydrogen) atoms. The normalized spacial score (nSPS) is 10.8. The molecular weight excluding hydrogens is 315 g/mol. The first kappa shape index (κ1) is 18.3. The first-order chi connectivity index (χ1) is 11.7. The SMILES string of the molecule is BCc1c(Oc2cc(C#N)cc(C#N)c2)c(C)nn1C(=O)C(C)(C)C. The lowest BCUT2D eigenvalue weighted by Crippen LogP contribution is -2.29. The Morgan fingerprint density at radius 3 is 2.24 bits per heavy atom. The fraction of sp³-hybridized carbons (Fsp3) is 0.333. The molecule has 0 N–H and O–H groups in total. The first-order valence-corrected chi connectivity index (χ1v) is 7.97. The van der Waals surface area contributed by atoms with Crippen LogP contribution in [0.1, 0.15) is 48.1 Å². The topological polar surface area (TPSA) is 91.7 Å². The van der Waals surface area contributed by atoms with Gasteiger partial charge in [-0.15, -0.1) is 0 Å². The molecule has 0 atom stereocenters. The first-order valence-electron chi connectivity index (χ1n) is 7.97. The summed E-state index contributed by atoms with van der Waals surface area (Å²) in [6, 6.07) is 8.63. The maximum absolute atomic E-state index is 12.6. The number of carbonyl (C=O) groups excluding carboxylic acids is 1. The number of nitrogens with zero attached hydrogens (tertiary/aromatic N) is 4. The Morgan fingerprint density at radius 1 is 1.24 bits per heavy atom. The van der Waals surface area contributed by atoms with Crippen LogP contribution >= 0.6 is 0 Å². The molecule has 0 aliphatic heterocycles. The van der Waals surface area contributed by atoms with Crippen LogP contribution in [-0.2, 0) is 6.32 Å². The van der Waals surface area contributed by atoms with E-state index < -0.39 is 5.41 Å². The molecular formula is C18H19BN4O2. The number of benzene rings is 1. The summed E-state index contributed by atoms with van der Waals surface area (Å²) in [5.41, 5.74) is 1.34. The summed E-state index contributed by atoms with van der Waals surface area (Å²) < 4.78 is 7.31. The van der Waals surface area contributed by atoms with Gasteiger partial charge in [-0.3, -0.25) is 4.79 Å². The van der Waals surface area contributed by atoms with Crippen LogP contribution in [0.3, 0.4) is 0 Å². The van der Waals surface area contributed by atoms with E-state index in [1.165, 1.54) is 10.7 Å². The second kappa shape index (κ2) is 6.82. The second-order valence-electron chi connectivity index (χ2n) is 6.75. The Hall–Kier alpha value is -3.06. The molecule has 0 unspecified atom stereocenters. The highest BCUT2D eigenvalue weighted by Gasteiger charge is 2.28. The molecule has 0 bridgehead atoms. The van der Waals surface area contributed by atoms with E-state index >= 15 is 0 Å². The molecule has 7 heteroatoms. The predicted molar refractivity (Wildman–Crippen MR) is 95.2 cm³/mol. The van der Waals surface area contributed by atoms with Gasteiger partial charge in [0.2, 0.25) is 0 Å². The van der Waals surface area contributed by atoms with Gasteiger partial charge < -0.3 is 4.74 Å². The number of nitriles is 2. The largest absolute Gasteiger partial charge is 0.453 e. The molecule has 1 aromatic carbocycles. The zero-order valence-electron chi connectivity index (χ0n) is 15.0. The molecule has 0 saturated heterocycles. The van der Waals surface area contributed by atoms with Crippen LogP contribution < -0.4 is 4.74 Å². The maximum atomic E-state index is 12.6. The third-order valence-electron chi connectivity index (χ3n) is 3.65. The molecule has 1 heterocycles. The van der Waals surface area contributed by atoms with Crippen molar-refractivity contribution in [3.8, 4) is 23.6 Å². The fourth-order valence-electron chi connectivity index (χ4n) is 2.39. The number of aromatic nitrogens is 2. The van der Waals surface area contributed by atoms with Gasteiger partial charge in [0.1, 0.15) is 19.3 Å². The average Bonchev–Trinajstić information content (AvgIpc) is 2.88. The number of hydrogen-bond acceptors (Lipinski definition) is 5. The van der Waals surface area contributed by atoms with E-state index in [4.69, 9.17) is 15.3 Å². The van der Waals surface area contributed by atoms with Crippen molar-refractivity contribution in [1.82, 2.24) is 9.78 Å². The van der Waals surface area contributed by atoms with Crippen LogP contribution in [-0.4, -0.2) is 23.5 Å². The van der Waals surface area contributed by atoms with Gasteiger partial charge in [-0.05, 0) is 31.4 Å². The van der Waals surface area contributed by atoms with Crippen LogP contribution in [0.4, 0.5) is 0 Å². The second-order valence-corrected chi connectivity index (χ2v) is 6.75. The number of hydrogen-bond donors (Lipinski definition) is 0. The molecule has 0 radical (unpaired) electrons. The van der Waals surface area contributed by atoms with Gasteiger partial charge in [0.25, 0.3) is 5.91 Å². The molecule has 0 amide bonds. The third-order valence-corrected chi connectivity index (χ3v) is 3.65. The van der Waals surface area contributed by atoms with Gasteiger partial charge in [0, 0.05) is 5.41 Å². The minimum absolute atomic E-state index is 0.120. The minimum atomic E-state index is -0.575. The standard InChI is InChI=1S/C18H19BN4O2/c1-11-16(15(8-19)23(22-11)17(24)18(2,3)4)25-14-6-12(9-20)5-13(7-14)10-21/h5-7H,8,19H2,1-4H3. The molecule has 6 nitrogen and oxygen atoms in total. The van der Waals surface area contributed by atoms with Crippen molar-refractivity contribution in [1.29, 1.82) is 10.5 Å². The quantitative estimate of drug-likeness (QED) is 0.805. The molecule has 0 saturated carbocycles. The van der Waals surface area contributed by atoms with Crippen molar-refractivity contribution < 1.29 is 9.53 Å². The molecule has 1 aromatic heterocycles. The predicted octanol–water partition coefficient (Wildman–Crippen LogP) is 2.55. The average molecular weight is 334 g/mol. The summed E-state index contributed by atoms with van der Waals surface area (Å²) in [5.74, 6) is 0.737. The van der Waals surface area contributed by atoms with Crippen molar-refractivity contribution >= 4 is 13.8 Å². The summed E-state index contributed by atoms with van der Waals surface area (Å²) in [7, 11) is 1.92. The van der Waals surface area contributed by atoms with E-state index in [2.05, 4.69) is 5.10 Å². The van der Waals surface area contributed by atoms with Crippen molar-refractivity contribution in [3.63, 3.8) is 0 Å². The Bertz CT molecular complexity index is 879. The monoisotopic (exact) mass is 334 g/mol. The van der Waals surface area contributed by atoms with Crippen LogP contribution in [0.25, 0.3) is 0 Å². The van der Waals surface area contributed by atoms with Crippen molar-refractivity contribution in [2.75, 3.05) is 0 Å². The van der Waals surface area contributed by atoms with E-state index in [0.29, 0.717) is 40.3 Å². The smallest absolute Gasteiger partial charge is 0.252 e. The van der Waals surface area contributed by atoms with Crippen LogP contribution in [0.15, 0.2) is 18.2 Å². The Balaban J connectivity index is 2.52. The lowest BCUT2D eigenvalue weighted by Gasteiger charge is -2.17. The fourth-order valence-corrected chi connectivity index (χ4v) is 2.39. The highest BCUT2D eigenvalue weighted by atomic mass is 16.5. The van der Waals surface area contributed by atoms with E-state index in [1.807, 2.05) is 40.8 Å². The van der Waals surface area contributed by atoms with Gasteiger partial charge >= 0.3 is 0 Å². The molecule has 2 rings (SSSR count). The van der Waals surface area contributed by atoms with E-state index in [-0.39, 0.29) is 5.91 Å². The van der Waals surface area contributed by atoms with E-state index in [0.717, 1.165) is 0 Å². The molecule has 2 aromatic rings.